The highest BCUT2D eigenvalue weighted by atomic mass is 32.2. The molecule has 0 saturated heterocycles. The molecular weight excluding hydrogens is 425 g/mol. The van der Waals surface area contributed by atoms with Gasteiger partial charge in [-0.2, -0.15) is 0 Å². The number of halogens is 1. The molecule has 2 N–H and O–H groups in total. The molecule has 0 unspecified atom stereocenters. The second-order valence-corrected chi connectivity index (χ2v) is 10.1. The summed E-state index contributed by atoms with van der Waals surface area (Å²) in [5.41, 5.74) is 2.35. The lowest BCUT2D eigenvalue weighted by molar-refractivity contribution is -0.115. The van der Waals surface area contributed by atoms with Gasteiger partial charge in [-0.15, -0.1) is 11.3 Å². The summed E-state index contributed by atoms with van der Waals surface area (Å²) in [6, 6.07) is 10.6. The first-order chi connectivity index (χ1) is 14.0. The Kier molecular flexibility index (Phi) is 6.35. The Morgan fingerprint density at radius 2 is 1.90 bits per heavy atom. The van der Waals surface area contributed by atoms with E-state index in [9.17, 15) is 17.6 Å². The highest BCUT2D eigenvalue weighted by molar-refractivity contribution is 7.89. The van der Waals surface area contributed by atoms with Crippen LogP contribution in [0.5, 0.6) is 0 Å². The van der Waals surface area contributed by atoms with Crippen molar-refractivity contribution in [1.29, 1.82) is 0 Å². The first-order valence-electron chi connectivity index (χ1n) is 9.15. The quantitative estimate of drug-likeness (QED) is 0.593. The van der Waals surface area contributed by atoms with Crippen molar-refractivity contribution in [2.45, 2.75) is 37.6 Å². The fraction of sp³-hybridized carbons (Fsp3) is 0.238. The molecule has 1 aromatic heterocycles. The van der Waals surface area contributed by atoms with Gasteiger partial charge in [0, 0.05) is 16.5 Å². The molecule has 0 radical (unpaired) electrons. The average Bonchev–Trinajstić information content (AvgIpc) is 3.14. The van der Waals surface area contributed by atoms with E-state index in [4.69, 9.17) is 0 Å². The summed E-state index contributed by atoms with van der Waals surface area (Å²) >= 11 is 1.38. The molecule has 1 heterocycles. The standard InChI is InChI=1S/C21H22FN3O3S2/c1-21(2,3)25-30(27,28)19-7-5-4-6-16(19)14-8-9-18(17(22)10-14)24-20(26)11-15-12-29-13-23-15/h4-10,12-13,25H,11H2,1-3H3,(H,24,26). The molecule has 0 spiro atoms. The van der Waals surface area contributed by atoms with Crippen LogP contribution >= 0.6 is 11.3 Å². The van der Waals surface area contributed by atoms with Gasteiger partial charge in [-0.1, -0.05) is 24.3 Å². The number of nitrogens with zero attached hydrogens (tertiary/aromatic N) is 1. The molecule has 158 valence electrons. The van der Waals surface area contributed by atoms with Crippen LogP contribution in [0.1, 0.15) is 26.5 Å². The Labute approximate surface area is 179 Å². The lowest BCUT2D eigenvalue weighted by Gasteiger charge is -2.21. The predicted octanol–water partition coefficient (Wildman–Crippen LogP) is 4.21. The van der Waals surface area contributed by atoms with Gasteiger partial charge in [0.05, 0.1) is 28.2 Å². The number of anilines is 1. The first-order valence-corrected chi connectivity index (χ1v) is 11.6. The van der Waals surface area contributed by atoms with Crippen molar-refractivity contribution in [2.75, 3.05) is 5.32 Å². The molecule has 30 heavy (non-hydrogen) atoms. The number of aromatic nitrogens is 1. The van der Waals surface area contributed by atoms with E-state index in [0.29, 0.717) is 16.8 Å². The molecule has 3 aromatic rings. The Bertz CT molecular complexity index is 1150. The lowest BCUT2D eigenvalue weighted by atomic mass is 10.0. The van der Waals surface area contributed by atoms with Gasteiger partial charge in [-0.3, -0.25) is 4.79 Å². The molecule has 0 aliphatic rings. The summed E-state index contributed by atoms with van der Waals surface area (Å²) in [7, 11) is -3.82. The van der Waals surface area contributed by atoms with Crippen LogP contribution in [-0.2, 0) is 21.2 Å². The topological polar surface area (TPSA) is 88.2 Å². The van der Waals surface area contributed by atoms with E-state index >= 15 is 0 Å². The van der Waals surface area contributed by atoms with Gasteiger partial charge in [0.15, 0.2) is 0 Å². The van der Waals surface area contributed by atoms with E-state index in [2.05, 4.69) is 15.0 Å². The Hall–Kier alpha value is -2.62. The second-order valence-electron chi connectivity index (χ2n) is 7.75. The highest BCUT2D eigenvalue weighted by Crippen LogP contribution is 2.30. The number of hydrogen-bond acceptors (Lipinski definition) is 5. The van der Waals surface area contributed by atoms with Gasteiger partial charge >= 0.3 is 0 Å². The third kappa shape index (κ3) is 5.50. The summed E-state index contributed by atoms with van der Waals surface area (Å²) in [5, 5.41) is 4.28. The molecule has 0 fully saturated rings. The zero-order chi connectivity index (χ0) is 21.9. The number of benzene rings is 2. The number of carbonyl (C=O) groups excluding carboxylic acids is 1. The number of thiazole rings is 1. The highest BCUT2D eigenvalue weighted by Gasteiger charge is 2.25. The monoisotopic (exact) mass is 447 g/mol. The van der Waals surface area contributed by atoms with Crippen LogP contribution in [0.15, 0.2) is 58.3 Å². The molecule has 0 saturated carbocycles. The summed E-state index contributed by atoms with van der Waals surface area (Å²) in [6.07, 6.45) is 0.0459. The second kappa shape index (κ2) is 8.63. The van der Waals surface area contributed by atoms with Crippen LogP contribution in [0.2, 0.25) is 0 Å². The van der Waals surface area contributed by atoms with Gasteiger partial charge in [0.1, 0.15) is 5.82 Å². The molecule has 3 rings (SSSR count). The first kappa shape index (κ1) is 22.1. The van der Waals surface area contributed by atoms with Crippen LogP contribution in [0, 0.1) is 5.82 Å². The summed E-state index contributed by atoms with van der Waals surface area (Å²) in [5.74, 6) is -1.04. The third-order valence-corrected chi connectivity index (χ3v) is 6.45. The van der Waals surface area contributed by atoms with Crippen LogP contribution in [0.4, 0.5) is 10.1 Å². The maximum absolute atomic E-state index is 14.7. The summed E-state index contributed by atoms with van der Waals surface area (Å²) in [6.45, 7) is 5.24. The lowest BCUT2D eigenvalue weighted by Crippen LogP contribution is -2.40. The van der Waals surface area contributed by atoms with E-state index in [0.717, 1.165) is 0 Å². The zero-order valence-electron chi connectivity index (χ0n) is 16.8. The van der Waals surface area contributed by atoms with E-state index in [1.165, 1.54) is 29.5 Å². The van der Waals surface area contributed by atoms with Crippen molar-refractivity contribution in [1.82, 2.24) is 9.71 Å². The molecule has 0 atom stereocenters. The number of amides is 1. The van der Waals surface area contributed by atoms with E-state index in [1.54, 1.807) is 55.9 Å². The van der Waals surface area contributed by atoms with Crippen molar-refractivity contribution in [3.8, 4) is 11.1 Å². The molecular formula is C21H22FN3O3S2. The number of nitrogens with one attached hydrogen (secondary N) is 2. The van der Waals surface area contributed by atoms with Crippen molar-refractivity contribution in [3.63, 3.8) is 0 Å². The smallest absolute Gasteiger partial charge is 0.241 e. The third-order valence-electron chi connectivity index (χ3n) is 4.00. The van der Waals surface area contributed by atoms with E-state index in [-0.39, 0.29) is 22.9 Å². The molecule has 0 bridgehead atoms. The van der Waals surface area contributed by atoms with Crippen LogP contribution < -0.4 is 10.0 Å². The van der Waals surface area contributed by atoms with Crippen molar-refractivity contribution in [3.05, 3.63) is 64.9 Å². The van der Waals surface area contributed by atoms with Crippen molar-refractivity contribution >= 4 is 33.0 Å². The molecule has 0 aliphatic heterocycles. The largest absolute Gasteiger partial charge is 0.323 e. The fourth-order valence-electron chi connectivity index (χ4n) is 2.87. The SMILES string of the molecule is CC(C)(C)NS(=O)(=O)c1ccccc1-c1ccc(NC(=O)Cc2cscn2)c(F)c1. The minimum atomic E-state index is -3.82. The van der Waals surface area contributed by atoms with E-state index < -0.39 is 21.4 Å². The van der Waals surface area contributed by atoms with Crippen LogP contribution in [-0.4, -0.2) is 24.8 Å². The van der Waals surface area contributed by atoms with Crippen LogP contribution in [0.3, 0.4) is 0 Å². The maximum atomic E-state index is 14.7. The molecule has 2 aromatic carbocycles. The molecule has 0 aliphatic carbocycles. The summed E-state index contributed by atoms with van der Waals surface area (Å²) < 4.78 is 42.9. The maximum Gasteiger partial charge on any atom is 0.241 e. The summed E-state index contributed by atoms with van der Waals surface area (Å²) in [4.78, 5) is 16.2. The van der Waals surface area contributed by atoms with Gasteiger partial charge < -0.3 is 5.32 Å². The molecule has 9 heteroatoms. The van der Waals surface area contributed by atoms with Gasteiger partial charge in [0.2, 0.25) is 15.9 Å². The molecule has 6 nitrogen and oxygen atoms in total. The van der Waals surface area contributed by atoms with Gasteiger partial charge in [0.25, 0.3) is 0 Å². The average molecular weight is 448 g/mol. The Balaban J connectivity index is 1.88. The van der Waals surface area contributed by atoms with Crippen molar-refractivity contribution in [2.24, 2.45) is 0 Å². The minimum Gasteiger partial charge on any atom is -0.323 e. The fourth-order valence-corrected chi connectivity index (χ4v) is 5.07. The number of carbonyl (C=O) groups is 1. The number of rotatable bonds is 6. The van der Waals surface area contributed by atoms with Gasteiger partial charge in [-0.05, 0) is 44.5 Å². The number of hydrogen-bond donors (Lipinski definition) is 2. The van der Waals surface area contributed by atoms with Gasteiger partial charge in [-0.25, -0.2) is 22.5 Å². The number of sulfonamides is 1. The normalized spacial score (nSPS) is 12.0. The van der Waals surface area contributed by atoms with E-state index in [1.807, 2.05) is 0 Å². The Morgan fingerprint density at radius 1 is 1.17 bits per heavy atom. The predicted molar refractivity (Wildman–Crippen MR) is 116 cm³/mol. The Morgan fingerprint density at radius 3 is 2.53 bits per heavy atom. The minimum absolute atomic E-state index is 0.0205. The zero-order valence-corrected chi connectivity index (χ0v) is 18.4. The van der Waals surface area contributed by atoms with Crippen molar-refractivity contribution < 1.29 is 17.6 Å². The molecule has 1 amide bonds. The van der Waals surface area contributed by atoms with Crippen LogP contribution in [0.25, 0.3) is 11.1 Å².